The summed E-state index contributed by atoms with van der Waals surface area (Å²) < 4.78 is 0. The van der Waals surface area contributed by atoms with Crippen LogP contribution in [0.4, 0.5) is 0 Å². The van der Waals surface area contributed by atoms with Crippen molar-refractivity contribution in [3.63, 3.8) is 0 Å². The summed E-state index contributed by atoms with van der Waals surface area (Å²) in [5.74, 6) is 1.10. The predicted molar refractivity (Wildman–Crippen MR) is 96.8 cm³/mol. The molecule has 2 bridgehead atoms. The Bertz CT molecular complexity index is 700. The standard InChI is InChI=1S/C19H23N3OS/c20-15-9-13-7-4-8-14(10-15)17(13)22-18(23)16-11-21-19(24-16)12-5-2-1-3-6-12/h1-3,5-6,11,13-15,17H,4,7-10,20H2,(H,22,23). The summed E-state index contributed by atoms with van der Waals surface area (Å²) in [7, 11) is 0. The number of aromatic nitrogens is 1. The molecule has 1 heterocycles. The molecule has 1 aromatic carbocycles. The summed E-state index contributed by atoms with van der Waals surface area (Å²) in [4.78, 5) is 17.8. The summed E-state index contributed by atoms with van der Waals surface area (Å²) >= 11 is 1.46. The van der Waals surface area contributed by atoms with Crippen LogP contribution in [0, 0.1) is 11.8 Å². The van der Waals surface area contributed by atoms with Crippen molar-refractivity contribution in [2.24, 2.45) is 17.6 Å². The molecule has 3 N–H and O–H groups in total. The highest BCUT2D eigenvalue weighted by Gasteiger charge is 2.40. The van der Waals surface area contributed by atoms with Crippen LogP contribution < -0.4 is 11.1 Å². The van der Waals surface area contributed by atoms with Crippen LogP contribution in [0.5, 0.6) is 0 Å². The number of hydrogen-bond donors (Lipinski definition) is 2. The molecule has 0 saturated heterocycles. The van der Waals surface area contributed by atoms with E-state index in [0.29, 0.717) is 22.8 Å². The zero-order valence-corrected chi connectivity index (χ0v) is 14.5. The molecule has 4 rings (SSSR count). The van der Waals surface area contributed by atoms with E-state index in [9.17, 15) is 4.79 Å². The van der Waals surface area contributed by atoms with E-state index < -0.39 is 0 Å². The van der Waals surface area contributed by atoms with E-state index in [2.05, 4.69) is 10.3 Å². The van der Waals surface area contributed by atoms with Crippen LogP contribution in [-0.4, -0.2) is 23.0 Å². The number of carbonyl (C=O) groups excluding carboxylic acids is 1. The zero-order valence-electron chi connectivity index (χ0n) is 13.7. The maximum Gasteiger partial charge on any atom is 0.263 e. The average Bonchev–Trinajstić information content (AvgIpc) is 3.07. The summed E-state index contributed by atoms with van der Waals surface area (Å²) in [5.41, 5.74) is 7.23. The fourth-order valence-corrected chi connectivity index (χ4v) is 5.17. The molecule has 2 saturated carbocycles. The lowest BCUT2D eigenvalue weighted by Gasteiger charge is -2.45. The van der Waals surface area contributed by atoms with E-state index >= 15 is 0 Å². The Morgan fingerprint density at radius 2 is 1.88 bits per heavy atom. The van der Waals surface area contributed by atoms with Gasteiger partial charge in [-0.3, -0.25) is 4.79 Å². The maximum absolute atomic E-state index is 12.7. The van der Waals surface area contributed by atoms with Crippen LogP contribution in [0.25, 0.3) is 10.6 Å². The van der Waals surface area contributed by atoms with Crippen LogP contribution in [0.15, 0.2) is 36.5 Å². The highest BCUT2D eigenvalue weighted by atomic mass is 32.1. The van der Waals surface area contributed by atoms with Crippen molar-refractivity contribution in [1.82, 2.24) is 10.3 Å². The first-order chi connectivity index (χ1) is 11.7. The third-order valence-corrected chi connectivity index (χ3v) is 6.47. The third kappa shape index (κ3) is 3.10. The van der Waals surface area contributed by atoms with Gasteiger partial charge in [-0.05, 0) is 37.5 Å². The van der Waals surface area contributed by atoms with Gasteiger partial charge in [-0.2, -0.15) is 0 Å². The van der Waals surface area contributed by atoms with E-state index in [1.165, 1.54) is 30.6 Å². The fourth-order valence-electron chi connectivity index (χ4n) is 4.34. The number of nitrogens with two attached hydrogens (primary N) is 1. The molecular formula is C19H23N3OS. The zero-order chi connectivity index (χ0) is 16.5. The molecule has 2 atom stereocenters. The van der Waals surface area contributed by atoms with Crippen molar-refractivity contribution >= 4 is 17.2 Å². The molecular weight excluding hydrogens is 318 g/mol. The number of nitrogens with one attached hydrogen (secondary N) is 1. The lowest BCUT2D eigenvalue weighted by molar-refractivity contribution is 0.0759. The van der Waals surface area contributed by atoms with Crippen molar-refractivity contribution in [3.05, 3.63) is 41.4 Å². The van der Waals surface area contributed by atoms with E-state index in [0.717, 1.165) is 23.4 Å². The van der Waals surface area contributed by atoms with Crippen molar-refractivity contribution in [2.75, 3.05) is 0 Å². The number of thiazole rings is 1. The van der Waals surface area contributed by atoms with Crippen molar-refractivity contribution in [2.45, 2.75) is 44.2 Å². The van der Waals surface area contributed by atoms with Gasteiger partial charge in [0.1, 0.15) is 9.88 Å². The van der Waals surface area contributed by atoms with Gasteiger partial charge in [-0.25, -0.2) is 4.98 Å². The highest BCUT2D eigenvalue weighted by molar-refractivity contribution is 7.16. The molecule has 24 heavy (non-hydrogen) atoms. The molecule has 2 aliphatic rings. The molecule has 4 nitrogen and oxygen atoms in total. The second kappa shape index (κ2) is 6.65. The quantitative estimate of drug-likeness (QED) is 0.898. The Morgan fingerprint density at radius 1 is 1.17 bits per heavy atom. The number of nitrogens with zero attached hydrogens (tertiary/aromatic N) is 1. The Labute approximate surface area is 146 Å². The fraction of sp³-hybridized carbons (Fsp3) is 0.474. The SMILES string of the molecule is NC1CC2CCCC(C1)C2NC(=O)c1cnc(-c2ccccc2)s1. The van der Waals surface area contributed by atoms with Crippen molar-refractivity contribution < 1.29 is 4.79 Å². The van der Waals surface area contributed by atoms with Crippen LogP contribution in [0.1, 0.15) is 41.8 Å². The predicted octanol–water partition coefficient (Wildman–Crippen LogP) is 3.45. The first-order valence-electron chi connectivity index (χ1n) is 8.78. The Kier molecular flexibility index (Phi) is 4.37. The molecule has 5 heteroatoms. The Morgan fingerprint density at radius 3 is 2.58 bits per heavy atom. The van der Waals surface area contributed by atoms with Gasteiger partial charge in [0.2, 0.25) is 0 Å². The summed E-state index contributed by atoms with van der Waals surface area (Å²) in [6.45, 7) is 0. The van der Waals surface area contributed by atoms with Gasteiger partial charge in [0.05, 0.1) is 6.20 Å². The Hall–Kier alpha value is -1.72. The first kappa shape index (κ1) is 15.8. The molecule has 2 unspecified atom stereocenters. The average molecular weight is 341 g/mol. The van der Waals surface area contributed by atoms with E-state index in [-0.39, 0.29) is 11.9 Å². The maximum atomic E-state index is 12.7. The van der Waals surface area contributed by atoms with Crippen molar-refractivity contribution in [3.8, 4) is 10.6 Å². The molecule has 2 aromatic rings. The van der Waals surface area contributed by atoms with E-state index in [1.807, 2.05) is 30.3 Å². The van der Waals surface area contributed by atoms with Crippen LogP contribution in [0.3, 0.4) is 0 Å². The molecule has 2 fully saturated rings. The second-order valence-electron chi connectivity index (χ2n) is 7.08. The van der Waals surface area contributed by atoms with E-state index in [4.69, 9.17) is 5.73 Å². The molecule has 0 spiro atoms. The first-order valence-corrected chi connectivity index (χ1v) is 9.60. The largest absolute Gasteiger partial charge is 0.348 e. The minimum atomic E-state index is 0.0204. The molecule has 1 aromatic heterocycles. The number of amides is 1. The van der Waals surface area contributed by atoms with Crippen LogP contribution in [0.2, 0.25) is 0 Å². The van der Waals surface area contributed by atoms with Crippen LogP contribution in [-0.2, 0) is 0 Å². The van der Waals surface area contributed by atoms with Crippen LogP contribution >= 0.6 is 11.3 Å². The normalized spacial score (nSPS) is 29.2. The van der Waals surface area contributed by atoms with Gasteiger partial charge in [0.25, 0.3) is 5.91 Å². The summed E-state index contributed by atoms with van der Waals surface area (Å²) in [6, 6.07) is 10.6. The smallest absolute Gasteiger partial charge is 0.263 e. The summed E-state index contributed by atoms with van der Waals surface area (Å²) in [6.07, 6.45) is 7.43. The number of fused-ring (bicyclic) bond motifs is 2. The topological polar surface area (TPSA) is 68.0 Å². The summed E-state index contributed by atoms with van der Waals surface area (Å²) in [5, 5.41) is 4.19. The number of benzene rings is 1. The molecule has 2 aliphatic carbocycles. The third-order valence-electron chi connectivity index (χ3n) is 5.42. The lowest BCUT2D eigenvalue weighted by Crippen LogP contribution is -2.53. The number of hydrogen-bond acceptors (Lipinski definition) is 4. The van der Waals surface area contributed by atoms with Gasteiger partial charge >= 0.3 is 0 Å². The highest BCUT2D eigenvalue weighted by Crippen LogP contribution is 2.40. The van der Waals surface area contributed by atoms with Gasteiger partial charge in [-0.1, -0.05) is 36.8 Å². The number of carbonyl (C=O) groups is 1. The van der Waals surface area contributed by atoms with Gasteiger partial charge in [-0.15, -0.1) is 11.3 Å². The molecule has 126 valence electrons. The van der Waals surface area contributed by atoms with E-state index in [1.54, 1.807) is 6.20 Å². The van der Waals surface area contributed by atoms with Gasteiger partial charge in [0, 0.05) is 17.6 Å². The lowest BCUT2D eigenvalue weighted by atomic mass is 9.67. The monoisotopic (exact) mass is 341 g/mol. The van der Waals surface area contributed by atoms with Crippen molar-refractivity contribution in [1.29, 1.82) is 0 Å². The molecule has 0 aliphatic heterocycles. The molecule has 1 amide bonds. The minimum Gasteiger partial charge on any atom is -0.348 e. The van der Waals surface area contributed by atoms with Gasteiger partial charge in [0.15, 0.2) is 0 Å². The Balaban J connectivity index is 1.48. The minimum absolute atomic E-state index is 0.0204. The molecule has 0 radical (unpaired) electrons. The second-order valence-corrected chi connectivity index (χ2v) is 8.11. The van der Waals surface area contributed by atoms with Gasteiger partial charge < -0.3 is 11.1 Å². The number of rotatable bonds is 3.